The van der Waals surface area contributed by atoms with Gasteiger partial charge in [0, 0.05) is 12.1 Å². The minimum Gasteiger partial charge on any atom is -0.352 e. The molecule has 21 heavy (non-hydrogen) atoms. The van der Waals surface area contributed by atoms with Crippen LogP contribution in [0.3, 0.4) is 0 Å². The quantitative estimate of drug-likeness (QED) is 0.838. The van der Waals surface area contributed by atoms with Gasteiger partial charge in [-0.15, -0.1) is 0 Å². The van der Waals surface area contributed by atoms with Gasteiger partial charge in [-0.3, -0.25) is 4.79 Å². The molecule has 2 atom stereocenters. The first kappa shape index (κ1) is 15.6. The summed E-state index contributed by atoms with van der Waals surface area (Å²) in [5, 5.41) is 3.07. The molecule has 3 nitrogen and oxygen atoms in total. The zero-order valence-corrected chi connectivity index (χ0v) is 12.9. The van der Waals surface area contributed by atoms with Crippen molar-refractivity contribution in [2.24, 2.45) is 17.6 Å². The number of hydrogen-bond donors (Lipinski definition) is 2. The predicted octanol–water partition coefficient (Wildman–Crippen LogP) is 2.47. The Morgan fingerprint density at radius 1 is 1.43 bits per heavy atom. The fourth-order valence-electron chi connectivity index (χ4n) is 2.94. The Hall–Kier alpha value is -1.79. The van der Waals surface area contributed by atoms with E-state index in [2.05, 4.69) is 24.1 Å². The number of carbonyl (C=O) groups excluding carboxylic acids is 1. The van der Waals surface area contributed by atoms with Gasteiger partial charge < -0.3 is 11.1 Å². The molecule has 3 N–H and O–H groups in total. The van der Waals surface area contributed by atoms with E-state index in [1.807, 2.05) is 25.1 Å². The van der Waals surface area contributed by atoms with Crippen molar-refractivity contribution in [1.82, 2.24) is 5.32 Å². The van der Waals surface area contributed by atoms with Crippen molar-refractivity contribution in [2.45, 2.75) is 33.1 Å². The maximum atomic E-state index is 12.4. The molecule has 0 spiro atoms. The van der Waals surface area contributed by atoms with Gasteiger partial charge in [-0.25, -0.2) is 0 Å². The van der Waals surface area contributed by atoms with Crippen LogP contribution in [-0.4, -0.2) is 19.0 Å². The molecule has 1 aromatic carbocycles. The van der Waals surface area contributed by atoms with E-state index in [9.17, 15) is 4.79 Å². The summed E-state index contributed by atoms with van der Waals surface area (Å²) >= 11 is 0. The van der Waals surface area contributed by atoms with Gasteiger partial charge in [-0.1, -0.05) is 36.8 Å². The molecule has 0 saturated heterocycles. The van der Waals surface area contributed by atoms with Gasteiger partial charge in [-0.05, 0) is 43.7 Å². The van der Waals surface area contributed by atoms with E-state index in [4.69, 9.17) is 5.73 Å². The Kier molecular flexibility index (Phi) is 5.41. The molecule has 1 aliphatic carbocycles. The number of benzene rings is 1. The number of amides is 1. The van der Waals surface area contributed by atoms with E-state index in [1.54, 1.807) is 0 Å². The Morgan fingerprint density at radius 3 is 2.90 bits per heavy atom. The lowest BCUT2D eigenvalue weighted by molar-refractivity contribution is 0.0947. The standard InChI is InChI=1S/C18H24N2O/c1-13-5-7-15(10-13)12-20-18(21)17-11-14(2)6-8-16(17)4-3-9-19/h6,8,11,13,15H,5,7,9-10,12,19H2,1-2H3,(H,20,21). The predicted molar refractivity (Wildman–Crippen MR) is 85.9 cm³/mol. The van der Waals surface area contributed by atoms with E-state index in [0.29, 0.717) is 18.0 Å². The van der Waals surface area contributed by atoms with Crippen molar-refractivity contribution in [1.29, 1.82) is 0 Å². The molecule has 1 amide bonds. The van der Waals surface area contributed by atoms with Crippen molar-refractivity contribution in [3.8, 4) is 11.8 Å². The number of nitrogens with one attached hydrogen (secondary N) is 1. The van der Waals surface area contributed by atoms with Crippen LogP contribution in [0.4, 0.5) is 0 Å². The molecule has 0 aromatic heterocycles. The zero-order valence-electron chi connectivity index (χ0n) is 12.9. The molecule has 2 rings (SSSR count). The first-order chi connectivity index (χ1) is 10.1. The summed E-state index contributed by atoms with van der Waals surface area (Å²) < 4.78 is 0. The minimum atomic E-state index is -0.0282. The third-order valence-electron chi connectivity index (χ3n) is 4.10. The molecule has 0 radical (unpaired) electrons. The second-order valence-electron chi connectivity index (χ2n) is 6.05. The van der Waals surface area contributed by atoms with Crippen LogP contribution >= 0.6 is 0 Å². The number of aryl methyl sites for hydroxylation is 1. The second-order valence-corrected chi connectivity index (χ2v) is 6.05. The van der Waals surface area contributed by atoms with Crippen LogP contribution in [0.1, 0.15) is 47.7 Å². The van der Waals surface area contributed by atoms with E-state index >= 15 is 0 Å². The number of nitrogens with two attached hydrogens (primary N) is 1. The number of carbonyl (C=O) groups is 1. The van der Waals surface area contributed by atoms with Crippen molar-refractivity contribution < 1.29 is 4.79 Å². The normalized spacial score (nSPS) is 20.7. The highest BCUT2D eigenvalue weighted by molar-refractivity contribution is 5.97. The average molecular weight is 284 g/mol. The SMILES string of the molecule is Cc1ccc(C#CCN)c(C(=O)NCC2CCC(C)C2)c1. The monoisotopic (exact) mass is 284 g/mol. The Morgan fingerprint density at radius 2 is 2.24 bits per heavy atom. The van der Waals surface area contributed by atoms with E-state index < -0.39 is 0 Å². The summed E-state index contributed by atoms with van der Waals surface area (Å²) in [5.41, 5.74) is 7.88. The van der Waals surface area contributed by atoms with Gasteiger partial charge >= 0.3 is 0 Å². The Balaban J connectivity index is 2.05. The molecule has 1 fully saturated rings. The van der Waals surface area contributed by atoms with Crippen LogP contribution in [0.2, 0.25) is 0 Å². The maximum absolute atomic E-state index is 12.4. The van der Waals surface area contributed by atoms with Gasteiger partial charge in [0.05, 0.1) is 12.1 Å². The van der Waals surface area contributed by atoms with Gasteiger partial charge in [0.15, 0.2) is 0 Å². The van der Waals surface area contributed by atoms with Gasteiger partial charge in [0.25, 0.3) is 5.91 Å². The number of hydrogen-bond acceptors (Lipinski definition) is 2. The van der Waals surface area contributed by atoms with Gasteiger partial charge in [-0.2, -0.15) is 0 Å². The molecule has 0 bridgehead atoms. The average Bonchev–Trinajstić information content (AvgIpc) is 2.89. The highest BCUT2D eigenvalue weighted by Crippen LogP contribution is 2.29. The maximum Gasteiger partial charge on any atom is 0.252 e. The molecule has 112 valence electrons. The lowest BCUT2D eigenvalue weighted by Crippen LogP contribution is -2.29. The summed E-state index contributed by atoms with van der Waals surface area (Å²) in [4.78, 5) is 12.4. The minimum absolute atomic E-state index is 0.0282. The molecule has 3 heteroatoms. The second kappa shape index (κ2) is 7.28. The fourth-order valence-corrected chi connectivity index (χ4v) is 2.94. The van der Waals surface area contributed by atoms with Crippen LogP contribution in [0.5, 0.6) is 0 Å². The first-order valence-corrected chi connectivity index (χ1v) is 7.68. The third-order valence-corrected chi connectivity index (χ3v) is 4.10. The molecular formula is C18H24N2O. The molecule has 1 aliphatic rings. The van der Waals surface area contributed by atoms with Gasteiger partial charge in [0.2, 0.25) is 0 Å². The lowest BCUT2D eigenvalue weighted by atomic mass is 10.0. The molecular weight excluding hydrogens is 260 g/mol. The summed E-state index contributed by atoms with van der Waals surface area (Å²) in [6.07, 6.45) is 3.71. The van der Waals surface area contributed by atoms with E-state index in [0.717, 1.165) is 23.6 Å². The van der Waals surface area contributed by atoms with E-state index in [-0.39, 0.29) is 5.91 Å². The molecule has 1 saturated carbocycles. The van der Waals surface area contributed by atoms with Gasteiger partial charge in [0.1, 0.15) is 0 Å². The van der Waals surface area contributed by atoms with Crippen molar-refractivity contribution in [3.05, 3.63) is 34.9 Å². The highest BCUT2D eigenvalue weighted by Gasteiger charge is 2.22. The summed E-state index contributed by atoms with van der Waals surface area (Å²) in [6, 6.07) is 5.76. The van der Waals surface area contributed by atoms with Crippen molar-refractivity contribution in [3.63, 3.8) is 0 Å². The summed E-state index contributed by atoms with van der Waals surface area (Å²) in [5.74, 6) is 7.18. The largest absolute Gasteiger partial charge is 0.352 e. The number of rotatable bonds is 3. The Bertz CT molecular complexity index is 568. The molecule has 1 aromatic rings. The van der Waals surface area contributed by atoms with Crippen LogP contribution in [0, 0.1) is 30.6 Å². The van der Waals surface area contributed by atoms with Crippen molar-refractivity contribution in [2.75, 3.05) is 13.1 Å². The van der Waals surface area contributed by atoms with Crippen LogP contribution < -0.4 is 11.1 Å². The summed E-state index contributed by atoms with van der Waals surface area (Å²) in [6.45, 7) is 5.33. The third kappa shape index (κ3) is 4.34. The first-order valence-electron chi connectivity index (χ1n) is 7.68. The smallest absolute Gasteiger partial charge is 0.252 e. The summed E-state index contributed by atoms with van der Waals surface area (Å²) in [7, 11) is 0. The Labute approximate surface area is 127 Å². The van der Waals surface area contributed by atoms with Crippen LogP contribution in [-0.2, 0) is 0 Å². The molecule has 0 aliphatic heterocycles. The van der Waals surface area contributed by atoms with Crippen LogP contribution in [0.15, 0.2) is 18.2 Å². The molecule has 0 heterocycles. The fraction of sp³-hybridized carbons (Fsp3) is 0.500. The zero-order chi connectivity index (χ0) is 15.2. The topological polar surface area (TPSA) is 55.1 Å². The van der Waals surface area contributed by atoms with Crippen LogP contribution in [0.25, 0.3) is 0 Å². The van der Waals surface area contributed by atoms with E-state index in [1.165, 1.54) is 19.3 Å². The van der Waals surface area contributed by atoms with Crippen molar-refractivity contribution >= 4 is 5.91 Å². The highest BCUT2D eigenvalue weighted by atomic mass is 16.1. The lowest BCUT2D eigenvalue weighted by Gasteiger charge is -2.12. The molecule has 2 unspecified atom stereocenters.